The molecule has 2 N–H and O–H groups in total. The first kappa shape index (κ1) is 10.3. The Morgan fingerprint density at radius 1 is 1.46 bits per heavy atom. The summed E-state index contributed by atoms with van der Waals surface area (Å²) in [6, 6.07) is 5.87. The van der Waals surface area contributed by atoms with Crippen molar-refractivity contribution in [2.24, 2.45) is 0 Å². The summed E-state index contributed by atoms with van der Waals surface area (Å²) in [5.74, 6) is 0.800. The topological polar surface area (TPSA) is 35.2 Å². The maximum atomic E-state index is 5.89. The minimum atomic E-state index is 0.724. The predicted octanol–water partition coefficient (Wildman–Crippen LogP) is 2.78. The van der Waals surface area contributed by atoms with Crippen molar-refractivity contribution in [2.75, 3.05) is 18.6 Å². The van der Waals surface area contributed by atoms with Crippen molar-refractivity contribution in [1.82, 2.24) is 0 Å². The number of hydrogen-bond acceptors (Lipinski definition) is 3. The first-order valence-corrected chi connectivity index (χ1v) is 5.57. The van der Waals surface area contributed by atoms with Gasteiger partial charge in [-0.2, -0.15) is 0 Å². The van der Waals surface area contributed by atoms with Gasteiger partial charge in [0, 0.05) is 4.90 Å². The minimum absolute atomic E-state index is 0.724. The van der Waals surface area contributed by atoms with E-state index in [-0.39, 0.29) is 0 Å². The highest BCUT2D eigenvalue weighted by molar-refractivity contribution is 7.98. The maximum Gasteiger partial charge on any atom is 0.143 e. The van der Waals surface area contributed by atoms with Crippen molar-refractivity contribution in [2.45, 2.75) is 18.2 Å². The third kappa shape index (κ3) is 2.56. The van der Waals surface area contributed by atoms with Gasteiger partial charge in [0.05, 0.1) is 12.3 Å². The fourth-order valence-corrected chi connectivity index (χ4v) is 1.57. The molecule has 13 heavy (non-hydrogen) atoms. The van der Waals surface area contributed by atoms with Gasteiger partial charge in [0.1, 0.15) is 5.75 Å². The minimum Gasteiger partial charge on any atom is -0.491 e. The summed E-state index contributed by atoms with van der Waals surface area (Å²) in [6.45, 7) is 2.80. The van der Waals surface area contributed by atoms with E-state index in [4.69, 9.17) is 10.5 Å². The molecule has 3 heteroatoms. The molecular formula is C10H15NOS. The quantitative estimate of drug-likeness (QED) is 0.595. The van der Waals surface area contributed by atoms with Gasteiger partial charge in [-0.05, 0) is 24.8 Å². The lowest BCUT2D eigenvalue weighted by atomic mass is 10.3. The van der Waals surface area contributed by atoms with Crippen LogP contribution in [0.25, 0.3) is 0 Å². The summed E-state index contributed by atoms with van der Waals surface area (Å²) in [7, 11) is 0. The number of para-hydroxylation sites is 1. The molecule has 1 aromatic carbocycles. The Morgan fingerprint density at radius 2 is 2.23 bits per heavy atom. The van der Waals surface area contributed by atoms with Crippen molar-refractivity contribution in [1.29, 1.82) is 0 Å². The van der Waals surface area contributed by atoms with E-state index >= 15 is 0 Å². The zero-order valence-electron chi connectivity index (χ0n) is 8.04. The number of benzene rings is 1. The second-order valence-corrected chi connectivity index (χ2v) is 3.57. The van der Waals surface area contributed by atoms with Crippen LogP contribution < -0.4 is 10.5 Å². The molecule has 0 saturated heterocycles. The molecular weight excluding hydrogens is 182 g/mol. The van der Waals surface area contributed by atoms with Gasteiger partial charge in [0.25, 0.3) is 0 Å². The summed E-state index contributed by atoms with van der Waals surface area (Å²) in [5.41, 5.74) is 6.64. The van der Waals surface area contributed by atoms with Crippen LogP contribution in [0.15, 0.2) is 23.1 Å². The number of hydrogen-bond donors (Lipinski definition) is 1. The van der Waals surface area contributed by atoms with E-state index < -0.39 is 0 Å². The molecule has 0 amide bonds. The van der Waals surface area contributed by atoms with Gasteiger partial charge >= 0.3 is 0 Å². The highest BCUT2D eigenvalue weighted by Gasteiger charge is 2.03. The molecule has 0 aliphatic carbocycles. The molecule has 0 spiro atoms. The van der Waals surface area contributed by atoms with Crippen molar-refractivity contribution in [3.8, 4) is 5.75 Å². The predicted molar refractivity (Wildman–Crippen MR) is 58.4 cm³/mol. The molecule has 0 radical (unpaired) electrons. The standard InChI is InChI=1S/C10H15NOS/c1-3-7-12-8-5-4-6-9(13-2)10(8)11/h4-6H,3,7,11H2,1-2H3. The third-order valence-corrected chi connectivity index (χ3v) is 2.50. The molecule has 0 saturated carbocycles. The van der Waals surface area contributed by atoms with E-state index in [0.29, 0.717) is 0 Å². The molecule has 0 atom stereocenters. The summed E-state index contributed by atoms with van der Waals surface area (Å²) in [5, 5.41) is 0. The van der Waals surface area contributed by atoms with Crippen LogP contribution in [0.2, 0.25) is 0 Å². The number of nitrogens with two attached hydrogens (primary N) is 1. The summed E-state index contributed by atoms with van der Waals surface area (Å²) < 4.78 is 5.49. The second-order valence-electron chi connectivity index (χ2n) is 2.72. The maximum absolute atomic E-state index is 5.89. The van der Waals surface area contributed by atoms with Crippen molar-refractivity contribution >= 4 is 17.4 Å². The lowest BCUT2D eigenvalue weighted by Gasteiger charge is -2.09. The molecule has 0 bridgehead atoms. The molecule has 0 aliphatic heterocycles. The largest absolute Gasteiger partial charge is 0.491 e. The molecule has 0 heterocycles. The van der Waals surface area contributed by atoms with E-state index in [9.17, 15) is 0 Å². The molecule has 0 unspecified atom stereocenters. The van der Waals surface area contributed by atoms with Crippen molar-refractivity contribution in [3.05, 3.63) is 18.2 Å². The number of rotatable bonds is 4. The molecule has 2 nitrogen and oxygen atoms in total. The fourth-order valence-electron chi connectivity index (χ4n) is 1.04. The Hall–Kier alpha value is -0.830. The average Bonchev–Trinajstić information content (AvgIpc) is 2.16. The van der Waals surface area contributed by atoms with Crippen LogP contribution in [-0.2, 0) is 0 Å². The van der Waals surface area contributed by atoms with Crippen molar-refractivity contribution < 1.29 is 4.74 Å². The molecule has 0 aromatic heterocycles. The highest BCUT2D eigenvalue weighted by Crippen LogP contribution is 2.31. The molecule has 0 aliphatic rings. The van der Waals surface area contributed by atoms with Crippen LogP contribution in [0.3, 0.4) is 0 Å². The van der Waals surface area contributed by atoms with Crippen LogP contribution in [0, 0.1) is 0 Å². The third-order valence-electron chi connectivity index (χ3n) is 1.71. The van der Waals surface area contributed by atoms with E-state index in [1.165, 1.54) is 0 Å². The first-order chi connectivity index (χ1) is 6.29. The molecule has 1 aromatic rings. The Bertz CT molecular complexity index is 276. The van der Waals surface area contributed by atoms with Crippen LogP contribution in [0.4, 0.5) is 5.69 Å². The van der Waals surface area contributed by atoms with Gasteiger partial charge < -0.3 is 10.5 Å². The lowest BCUT2D eigenvalue weighted by molar-refractivity contribution is 0.318. The van der Waals surface area contributed by atoms with Crippen molar-refractivity contribution in [3.63, 3.8) is 0 Å². The SMILES string of the molecule is CCCOc1cccc(SC)c1N. The Kier molecular flexibility index (Phi) is 3.96. The normalized spacial score (nSPS) is 10.0. The lowest BCUT2D eigenvalue weighted by Crippen LogP contribution is -1.99. The summed E-state index contributed by atoms with van der Waals surface area (Å²) >= 11 is 1.64. The molecule has 72 valence electrons. The Morgan fingerprint density at radius 3 is 2.85 bits per heavy atom. The monoisotopic (exact) mass is 197 g/mol. The Balaban J connectivity index is 2.81. The van der Waals surface area contributed by atoms with Gasteiger partial charge in [-0.15, -0.1) is 11.8 Å². The molecule has 0 fully saturated rings. The van der Waals surface area contributed by atoms with Gasteiger partial charge in [-0.25, -0.2) is 0 Å². The van der Waals surface area contributed by atoms with E-state index in [0.717, 1.165) is 29.4 Å². The molecule has 1 rings (SSSR count). The Labute approximate surface area is 83.5 Å². The highest BCUT2D eigenvalue weighted by atomic mass is 32.2. The van der Waals surface area contributed by atoms with Gasteiger partial charge in [-0.3, -0.25) is 0 Å². The van der Waals surface area contributed by atoms with Gasteiger partial charge in [0.2, 0.25) is 0 Å². The second kappa shape index (κ2) is 5.02. The first-order valence-electron chi connectivity index (χ1n) is 4.34. The van der Waals surface area contributed by atoms with Gasteiger partial charge in [-0.1, -0.05) is 13.0 Å². The van der Waals surface area contributed by atoms with Crippen LogP contribution in [0.1, 0.15) is 13.3 Å². The van der Waals surface area contributed by atoms with E-state index in [1.54, 1.807) is 11.8 Å². The average molecular weight is 197 g/mol. The van der Waals surface area contributed by atoms with E-state index in [2.05, 4.69) is 6.92 Å². The number of thioether (sulfide) groups is 1. The van der Waals surface area contributed by atoms with Crippen LogP contribution in [0.5, 0.6) is 5.75 Å². The summed E-state index contributed by atoms with van der Waals surface area (Å²) in [4.78, 5) is 1.08. The number of anilines is 1. The number of ether oxygens (including phenoxy) is 1. The summed E-state index contributed by atoms with van der Waals surface area (Å²) in [6.07, 6.45) is 3.01. The van der Waals surface area contributed by atoms with E-state index in [1.807, 2.05) is 24.5 Å². The fraction of sp³-hybridized carbons (Fsp3) is 0.400. The number of nitrogen functional groups attached to an aromatic ring is 1. The zero-order valence-corrected chi connectivity index (χ0v) is 8.86. The zero-order chi connectivity index (χ0) is 9.68. The van der Waals surface area contributed by atoms with Gasteiger partial charge in [0.15, 0.2) is 0 Å². The smallest absolute Gasteiger partial charge is 0.143 e. The van der Waals surface area contributed by atoms with Crippen LogP contribution >= 0.6 is 11.8 Å². The van der Waals surface area contributed by atoms with Crippen LogP contribution in [-0.4, -0.2) is 12.9 Å².